The van der Waals surface area contributed by atoms with Crippen LogP contribution >= 0.6 is 0 Å². The van der Waals surface area contributed by atoms with Crippen LogP contribution in [0.4, 0.5) is 0 Å². The van der Waals surface area contributed by atoms with Crippen molar-refractivity contribution in [3.8, 4) is 0 Å². The fourth-order valence-electron chi connectivity index (χ4n) is 0.594. The van der Waals surface area contributed by atoms with Gasteiger partial charge in [0, 0.05) is 0 Å². The van der Waals surface area contributed by atoms with Gasteiger partial charge in [0.25, 0.3) is 0 Å². The van der Waals surface area contributed by atoms with Crippen LogP contribution < -0.4 is 0 Å². The Kier molecular flexibility index (Phi) is 21.5. The molecular weight excluding hydrogens is 240 g/mol. The lowest BCUT2D eigenvalue weighted by Crippen LogP contribution is -1.84. The molecule has 0 N–H and O–H groups in total. The summed E-state index contributed by atoms with van der Waals surface area (Å²) in [6.07, 6.45) is 5.99. The van der Waals surface area contributed by atoms with Crippen LogP contribution in [-0.2, 0) is 0 Å². The van der Waals surface area contributed by atoms with E-state index in [1.165, 1.54) is 19.0 Å². The van der Waals surface area contributed by atoms with E-state index in [0.717, 1.165) is 11.5 Å². The van der Waals surface area contributed by atoms with Crippen LogP contribution in [0.2, 0.25) is 0 Å². The van der Waals surface area contributed by atoms with Crippen molar-refractivity contribution in [3.05, 3.63) is 36.7 Å². The van der Waals surface area contributed by atoms with Gasteiger partial charge in [-0.1, -0.05) is 35.1 Å². The monoisotopic (exact) mass is 266 g/mol. The predicted octanol–water partition coefficient (Wildman–Crippen LogP) is 3.05. The van der Waals surface area contributed by atoms with E-state index in [2.05, 4.69) is 30.1 Å². The molecule has 0 amide bonds. The highest BCUT2D eigenvalue weighted by Crippen LogP contribution is 1.78. The summed E-state index contributed by atoms with van der Waals surface area (Å²) in [6.45, 7) is 11.7. The van der Waals surface area contributed by atoms with E-state index >= 15 is 0 Å². The zero-order valence-electron chi connectivity index (χ0n) is 12.0. The van der Waals surface area contributed by atoms with Gasteiger partial charge in [0.2, 0.25) is 0 Å². The zero-order chi connectivity index (χ0) is 14.2. The SMILES string of the molecule is C.CC.CC.Cc1cnncn1.Cc1ncncn1. The summed E-state index contributed by atoms with van der Waals surface area (Å²) in [7, 11) is 0. The lowest BCUT2D eigenvalue weighted by Gasteiger charge is -1.80. The van der Waals surface area contributed by atoms with Crippen molar-refractivity contribution < 1.29 is 0 Å². The second kappa shape index (κ2) is 18.4. The maximum Gasteiger partial charge on any atom is 0.138 e. The second-order valence-corrected chi connectivity index (χ2v) is 2.43. The van der Waals surface area contributed by atoms with E-state index < -0.39 is 0 Å². The maximum atomic E-state index is 3.81. The fraction of sp³-hybridized carbons (Fsp3) is 0.538. The molecule has 0 aliphatic rings. The van der Waals surface area contributed by atoms with E-state index in [1.54, 1.807) is 6.20 Å². The molecule has 2 rings (SSSR count). The number of hydrogen-bond donors (Lipinski definition) is 0. The van der Waals surface area contributed by atoms with E-state index in [0.29, 0.717) is 0 Å². The summed E-state index contributed by atoms with van der Waals surface area (Å²) < 4.78 is 0. The third kappa shape index (κ3) is 16.0. The Bertz CT molecular complexity index is 315. The highest BCUT2D eigenvalue weighted by atomic mass is 15.1. The molecule has 0 aliphatic carbocycles. The Morgan fingerprint density at radius 1 is 0.737 bits per heavy atom. The van der Waals surface area contributed by atoms with Crippen LogP contribution in [0.5, 0.6) is 0 Å². The predicted molar refractivity (Wildman–Crippen MR) is 78.6 cm³/mol. The molecule has 0 saturated heterocycles. The fourth-order valence-corrected chi connectivity index (χ4v) is 0.594. The molecule has 0 aromatic carbocycles. The lowest BCUT2D eigenvalue weighted by molar-refractivity contribution is 0.939. The highest BCUT2D eigenvalue weighted by molar-refractivity contribution is 4.84. The quantitative estimate of drug-likeness (QED) is 0.729. The first-order chi connectivity index (χ1) is 8.79. The van der Waals surface area contributed by atoms with Crippen molar-refractivity contribution in [2.75, 3.05) is 0 Å². The largest absolute Gasteiger partial charge is 0.238 e. The Hall–Kier alpha value is -1.98. The number of aryl methyl sites for hydroxylation is 2. The third-order valence-electron chi connectivity index (χ3n) is 1.25. The topological polar surface area (TPSA) is 77.3 Å². The number of rotatable bonds is 0. The molecule has 0 fully saturated rings. The van der Waals surface area contributed by atoms with Crippen molar-refractivity contribution in [1.29, 1.82) is 0 Å². The van der Waals surface area contributed by atoms with Gasteiger partial charge in [0.1, 0.15) is 24.8 Å². The van der Waals surface area contributed by atoms with Gasteiger partial charge in [-0.2, -0.15) is 5.10 Å². The molecule has 0 bridgehead atoms. The lowest BCUT2D eigenvalue weighted by atomic mass is 10.6. The van der Waals surface area contributed by atoms with Gasteiger partial charge < -0.3 is 0 Å². The van der Waals surface area contributed by atoms with E-state index in [4.69, 9.17) is 0 Å². The zero-order valence-corrected chi connectivity index (χ0v) is 12.0. The molecule has 2 aromatic heterocycles. The maximum absolute atomic E-state index is 3.81. The van der Waals surface area contributed by atoms with Crippen LogP contribution in [0.25, 0.3) is 0 Å². The number of nitrogens with zero attached hydrogens (tertiary/aromatic N) is 6. The minimum Gasteiger partial charge on any atom is -0.238 e. The summed E-state index contributed by atoms with van der Waals surface area (Å²) in [5.74, 6) is 0.759. The molecule has 0 saturated carbocycles. The average Bonchev–Trinajstić information content (AvgIpc) is 2.46. The molecule has 0 unspecified atom stereocenters. The van der Waals surface area contributed by atoms with E-state index in [1.807, 2.05) is 41.5 Å². The minimum absolute atomic E-state index is 0. The van der Waals surface area contributed by atoms with E-state index in [9.17, 15) is 0 Å². The first-order valence-corrected chi connectivity index (χ1v) is 5.97. The van der Waals surface area contributed by atoms with Crippen molar-refractivity contribution in [1.82, 2.24) is 30.1 Å². The first kappa shape index (κ1) is 22.2. The normalized spacial score (nSPS) is 7.05. The van der Waals surface area contributed by atoms with Gasteiger partial charge in [0.05, 0.1) is 11.9 Å². The molecule has 6 nitrogen and oxygen atoms in total. The van der Waals surface area contributed by atoms with Gasteiger partial charge >= 0.3 is 0 Å². The second-order valence-electron chi connectivity index (χ2n) is 2.43. The third-order valence-corrected chi connectivity index (χ3v) is 1.25. The standard InChI is InChI=1S/2C4H5N3.2C2H6.CH4/c1-4-6-2-5-3-7-4;1-4-2-6-7-3-5-4;2*1-2;/h2*2-3H,1H3;2*1-2H3;1H4. The minimum atomic E-state index is 0. The van der Waals surface area contributed by atoms with Crippen molar-refractivity contribution in [2.45, 2.75) is 49.0 Å². The van der Waals surface area contributed by atoms with Gasteiger partial charge in [0.15, 0.2) is 0 Å². The summed E-state index contributed by atoms with van der Waals surface area (Å²) >= 11 is 0. The molecule has 0 spiro atoms. The van der Waals surface area contributed by atoms with Crippen molar-refractivity contribution >= 4 is 0 Å². The van der Waals surface area contributed by atoms with Gasteiger partial charge in [-0.25, -0.2) is 19.9 Å². The average molecular weight is 266 g/mol. The summed E-state index contributed by atoms with van der Waals surface area (Å²) in [5.41, 5.74) is 0.898. The highest BCUT2D eigenvalue weighted by Gasteiger charge is 1.76. The number of aromatic nitrogens is 6. The summed E-state index contributed by atoms with van der Waals surface area (Å²) in [6, 6.07) is 0. The molecule has 19 heavy (non-hydrogen) atoms. The van der Waals surface area contributed by atoms with E-state index in [-0.39, 0.29) is 7.43 Å². The molecular formula is C13H26N6. The van der Waals surface area contributed by atoms with Crippen LogP contribution in [0, 0.1) is 13.8 Å². The number of hydrogen-bond acceptors (Lipinski definition) is 6. The Morgan fingerprint density at radius 2 is 1.26 bits per heavy atom. The Labute approximate surface area is 116 Å². The molecule has 6 heteroatoms. The van der Waals surface area contributed by atoms with Gasteiger partial charge in [-0.05, 0) is 13.8 Å². The molecule has 2 aromatic rings. The van der Waals surface area contributed by atoms with Crippen molar-refractivity contribution in [3.63, 3.8) is 0 Å². The smallest absolute Gasteiger partial charge is 0.138 e. The summed E-state index contributed by atoms with van der Waals surface area (Å²) in [4.78, 5) is 14.9. The summed E-state index contributed by atoms with van der Waals surface area (Å²) in [5, 5.41) is 7.06. The van der Waals surface area contributed by atoms with Gasteiger partial charge in [-0.3, -0.25) is 0 Å². The Balaban J connectivity index is -0.000000205. The van der Waals surface area contributed by atoms with Crippen LogP contribution in [-0.4, -0.2) is 30.1 Å². The Morgan fingerprint density at radius 3 is 1.47 bits per heavy atom. The van der Waals surface area contributed by atoms with Gasteiger partial charge in [-0.15, -0.1) is 5.10 Å². The molecule has 0 radical (unpaired) electrons. The molecule has 0 aliphatic heterocycles. The van der Waals surface area contributed by atoms with Crippen molar-refractivity contribution in [2.24, 2.45) is 0 Å². The van der Waals surface area contributed by atoms with Crippen LogP contribution in [0.1, 0.15) is 46.6 Å². The molecule has 2 heterocycles. The first-order valence-electron chi connectivity index (χ1n) is 5.97. The van der Waals surface area contributed by atoms with Crippen LogP contribution in [0.15, 0.2) is 25.2 Å². The molecule has 0 atom stereocenters. The van der Waals surface area contributed by atoms with Crippen LogP contribution in [0.3, 0.4) is 0 Å². The molecule has 108 valence electrons.